The topological polar surface area (TPSA) is 27.0 Å². The minimum atomic E-state index is 0.464. The molecule has 0 N–H and O–H groups in total. The summed E-state index contributed by atoms with van der Waals surface area (Å²) >= 11 is 0. The van der Waals surface area contributed by atoms with Gasteiger partial charge in [-0.3, -0.25) is 4.90 Å². The Bertz CT molecular complexity index is 567. The Kier molecular flexibility index (Phi) is 3.41. The van der Waals surface area contributed by atoms with Crippen molar-refractivity contribution < 1.29 is 0 Å². The second kappa shape index (κ2) is 4.99. The fourth-order valence-electron chi connectivity index (χ4n) is 2.00. The molecule has 0 aromatic heterocycles. The maximum Gasteiger partial charge on any atom is 0.0866 e. The molecule has 2 aromatic rings. The van der Waals surface area contributed by atoms with Crippen LogP contribution in [0.25, 0.3) is 10.8 Å². The molecular weight excluding hydrogens is 208 g/mol. The molecule has 0 heterocycles. The van der Waals surface area contributed by atoms with Gasteiger partial charge >= 0.3 is 0 Å². The third-order valence-corrected chi connectivity index (χ3v) is 2.85. The van der Waals surface area contributed by atoms with Crippen molar-refractivity contribution in [2.75, 3.05) is 13.6 Å². The van der Waals surface area contributed by atoms with E-state index in [1.165, 1.54) is 21.9 Å². The molecule has 86 valence electrons. The Labute approximate surface area is 102 Å². The molecule has 0 spiro atoms. The smallest absolute Gasteiger partial charge is 0.0866 e. The van der Waals surface area contributed by atoms with E-state index in [1.54, 1.807) is 0 Å². The highest BCUT2D eigenvalue weighted by Crippen LogP contribution is 2.18. The van der Waals surface area contributed by atoms with Gasteiger partial charge in [-0.15, -0.1) is 0 Å². The number of benzene rings is 2. The third-order valence-electron chi connectivity index (χ3n) is 2.85. The van der Waals surface area contributed by atoms with Crippen LogP contribution in [-0.4, -0.2) is 18.5 Å². The van der Waals surface area contributed by atoms with E-state index in [0.717, 1.165) is 6.54 Å². The molecule has 2 heteroatoms. The molecule has 0 unspecified atom stereocenters. The molecule has 17 heavy (non-hydrogen) atoms. The standard InChI is InChI=1S/C15H16N2/c1-12-3-5-15-10-13(4-6-14(15)9-12)11-17(2)8-7-16/h3-6,9-10H,8,11H2,1-2H3. The van der Waals surface area contributed by atoms with E-state index >= 15 is 0 Å². The number of hydrogen-bond donors (Lipinski definition) is 0. The van der Waals surface area contributed by atoms with E-state index in [-0.39, 0.29) is 0 Å². The number of hydrogen-bond acceptors (Lipinski definition) is 2. The number of fused-ring (bicyclic) bond motifs is 1. The van der Waals surface area contributed by atoms with Gasteiger partial charge in [0, 0.05) is 6.54 Å². The van der Waals surface area contributed by atoms with Crippen molar-refractivity contribution in [1.82, 2.24) is 4.90 Å². The maximum absolute atomic E-state index is 8.63. The maximum atomic E-state index is 8.63. The molecule has 2 nitrogen and oxygen atoms in total. The van der Waals surface area contributed by atoms with Crippen molar-refractivity contribution in [3.63, 3.8) is 0 Å². The molecule has 0 saturated carbocycles. The van der Waals surface area contributed by atoms with Crippen molar-refractivity contribution in [2.24, 2.45) is 0 Å². The number of rotatable bonds is 3. The van der Waals surface area contributed by atoms with Crippen molar-refractivity contribution in [1.29, 1.82) is 5.26 Å². The average molecular weight is 224 g/mol. The van der Waals surface area contributed by atoms with Gasteiger partial charge in [-0.05, 0) is 36.4 Å². The monoisotopic (exact) mass is 224 g/mol. The third kappa shape index (κ3) is 2.83. The normalized spacial score (nSPS) is 10.7. The summed E-state index contributed by atoms with van der Waals surface area (Å²) in [6.45, 7) is 3.39. The molecule has 0 radical (unpaired) electrons. The number of aryl methyl sites for hydroxylation is 1. The van der Waals surface area contributed by atoms with Crippen LogP contribution in [0, 0.1) is 18.3 Å². The van der Waals surface area contributed by atoms with E-state index in [9.17, 15) is 0 Å². The fourth-order valence-corrected chi connectivity index (χ4v) is 2.00. The van der Waals surface area contributed by atoms with Crippen molar-refractivity contribution >= 4 is 10.8 Å². The summed E-state index contributed by atoms with van der Waals surface area (Å²) in [6.07, 6.45) is 0. The second-order valence-corrected chi connectivity index (χ2v) is 4.52. The zero-order valence-electron chi connectivity index (χ0n) is 10.3. The van der Waals surface area contributed by atoms with Gasteiger partial charge in [0.2, 0.25) is 0 Å². The highest BCUT2D eigenvalue weighted by molar-refractivity contribution is 5.83. The van der Waals surface area contributed by atoms with E-state index in [4.69, 9.17) is 5.26 Å². The minimum Gasteiger partial charge on any atom is -0.289 e. The highest BCUT2D eigenvalue weighted by atomic mass is 15.1. The minimum absolute atomic E-state index is 0.464. The van der Waals surface area contributed by atoms with Crippen LogP contribution >= 0.6 is 0 Å². The average Bonchev–Trinajstić information content (AvgIpc) is 2.29. The quantitative estimate of drug-likeness (QED) is 0.749. The second-order valence-electron chi connectivity index (χ2n) is 4.52. The van der Waals surface area contributed by atoms with E-state index in [0.29, 0.717) is 6.54 Å². The van der Waals surface area contributed by atoms with Crippen molar-refractivity contribution in [2.45, 2.75) is 13.5 Å². The first-order valence-electron chi connectivity index (χ1n) is 5.74. The van der Waals surface area contributed by atoms with Gasteiger partial charge in [0.1, 0.15) is 0 Å². The predicted molar refractivity (Wildman–Crippen MR) is 70.6 cm³/mol. The van der Waals surface area contributed by atoms with Crippen LogP contribution in [0.2, 0.25) is 0 Å². The van der Waals surface area contributed by atoms with Gasteiger partial charge in [0.15, 0.2) is 0 Å². The zero-order chi connectivity index (χ0) is 12.3. The lowest BCUT2D eigenvalue weighted by Crippen LogP contribution is -2.17. The van der Waals surface area contributed by atoms with Crippen molar-refractivity contribution in [3.8, 4) is 6.07 Å². The molecule has 0 aliphatic rings. The Morgan fingerprint density at radius 1 is 1.12 bits per heavy atom. The van der Waals surface area contributed by atoms with E-state index in [1.807, 2.05) is 11.9 Å². The van der Waals surface area contributed by atoms with Gasteiger partial charge in [-0.1, -0.05) is 35.9 Å². The lowest BCUT2D eigenvalue weighted by atomic mass is 10.0. The molecule has 0 fully saturated rings. The van der Waals surface area contributed by atoms with E-state index in [2.05, 4.69) is 49.4 Å². The first-order valence-corrected chi connectivity index (χ1v) is 5.74. The highest BCUT2D eigenvalue weighted by Gasteiger charge is 2.01. The Balaban J connectivity index is 2.26. The SMILES string of the molecule is Cc1ccc2cc(CN(C)CC#N)ccc2c1. The first-order chi connectivity index (χ1) is 8.19. The van der Waals surface area contributed by atoms with Gasteiger partial charge in [0.05, 0.1) is 12.6 Å². The van der Waals surface area contributed by atoms with Crippen LogP contribution in [0.4, 0.5) is 0 Å². The lowest BCUT2D eigenvalue weighted by Gasteiger charge is -2.12. The molecule has 0 bridgehead atoms. The van der Waals surface area contributed by atoms with Crippen LogP contribution in [-0.2, 0) is 6.54 Å². The Morgan fingerprint density at radius 2 is 1.82 bits per heavy atom. The van der Waals surface area contributed by atoms with Crippen molar-refractivity contribution in [3.05, 3.63) is 47.5 Å². The molecule has 0 saturated heterocycles. The van der Waals surface area contributed by atoms with Crippen LogP contribution in [0.1, 0.15) is 11.1 Å². The van der Waals surface area contributed by atoms with Crippen LogP contribution in [0.15, 0.2) is 36.4 Å². The van der Waals surface area contributed by atoms with Crippen LogP contribution < -0.4 is 0 Å². The van der Waals surface area contributed by atoms with Gasteiger partial charge in [-0.25, -0.2) is 0 Å². The van der Waals surface area contributed by atoms with Gasteiger partial charge < -0.3 is 0 Å². The first kappa shape index (κ1) is 11.6. The molecule has 2 rings (SSSR count). The Hall–Kier alpha value is -1.85. The summed E-state index contributed by atoms with van der Waals surface area (Å²) < 4.78 is 0. The molecule has 0 amide bonds. The van der Waals surface area contributed by atoms with Crippen LogP contribution in [0.3, 0.4) is 0 Å². The lowest BCUT2D eigenvalue weighted by molar-refractivity contribution is 0.367. The summed E-state index contributed by atoms with van der Waals surface area (Å²) in [5.74, 6) is 0. The molecule has 2 aromatic carbocycles. The van der Waals surface area contributed by atoms with Gasteiger partial charge in [-0.2, -0.15) is 5.26 Å². The summed E-state index contributed by atoms with van der Waals surface area (Å²) in [5, 5.41) is 11.2. The predicted octanol–water partition coefficient (Wildman–Crippen LogP) is 3.10. The summed E-state index contributed by atoms with van der Waals surface area (Å²) in [7, 11) is 1.96. The number of nitrogens with zero attached hydrogens (tertiary/aromatic N) is 2. The molecular formula is C15H16N2. The van der Waals surface area contributed by atoms with Crippen LogP contribution in [0.5, 0.6) is 0 Å². The largest absolute Gasteiger partial charge is 0.289 e. The summed E-state index contributed by atoms with van der Waals surface area (Å²) in [4.78, 5) is 2.01. The van der Waals surface area contributed by atoms with E-state index < -0.39 is 0 Å². The van der Waals surface area contributed by atoms with Gasteiger partial charge in [0.25, 0.3) is 0 Å². The summed E-state index contributed by atoms with van der Waals surface area (Å²) in [6, 6.07) is 15.1. The number of nitriles is 1. The molecule has 0 atom stereocenters. The molecule has 0 aliphatic carbocycles. The Morgan fingerprint density at radius 3 is 2.59 bits per heavy atom. The summed E-state index contributed by atoms with van der Waals surface area (Å²) in [5.41, 5.74) is 2.53. The fraction of sp³-hybridized carbons (Fsp3) is 0.267. The molecule has 0 aliphatic heterocycles. The zero-order valence-corrected chi connectivity index (χ0v) is 10.3.